The van der Waals surface area contributed by atoms with E-state index >= 15 is 0 Å². The van der Waals surface area contributed by atoms with E-state index in [1.165, 1.54) is 7.11 Å². The Bertz CT molecular complexity index is 877. The predicted octanol–water partition coefficient (Wildman–Crippen LogP) is 3.61. The molecule has 146 valence electrons. The Morgan fingerprint density at radius 1 is 0.964 bits per heavy atom. The molecule has 2 heterocycles. The highest BCUT2D eigenvalue weighted by molar-refractivity contribution is 5.96. The second-order valence-corrected chi connectivity index (χ2v) is 6.98. The third-order valence-electron chi connectivity index (χ3n) is 5.22. The molecule has 4 rings (SSSR count). The first-order chi connectivity index (χ1) is 13.7. The van der Waals surface area contributed by atoms with Gasteiger partial charge in [0.1, 0.15) is 0 Å². The molecule has 6 heteroatoms. The van der Waals surface area contributed by atoms with Gasteiger partial charge >= 0.3 is 5.97 Å². The smallest absolute Gasteiger partial charge is 0.337 e. The summed E-state index contributed by atoms with van der Waals surface area (Å²) in [7, 11) is 1.34. The molecule has 1 amide bonds. The summed E-state index contributed by atoms with van der Waals surface area (Å²) in [4.78, 5) is 26.6. The molecule has 1 saturated heterocycles. The number of nitrogens with zero attached hydrogens (tertiary/aromatic N) is 1. The van der Waals surface area contributed by atoms with Crippen LogP contribution < -0.4 is 9.47 Å². The van der Waals surface area contributed by atoms with E-state index in [0.717, 1.165) is 36.3 Å². The summed E-state index contributed by atoms with van der Waals surface area (Å²) < 4.78 is 16.2. The minimum Gasteiger partial charge on any atom is -0.490 e. The molecule has 1 fully saturated rings. The minimum absolute atomic E-state index is 0.00457. The van der Waals surface area contributed by atoms with Crippen LogP contribution in [0.5, 0.6) is 11.5 Å². The van der Waals surface area contributed by atoms with E-state index in [4.69, 9.17) is 14.2 Å². The van der Waals surface area contributed by atoms with E-state index in [1.807, 2.05) is 23.1 Å². The van der Waals surface area contributed by atoms with Gasteiger partial charge in [0, 0.05) is 18.5 Å². The molecule has 0 radical (unpaired) electrons. The maximum absolute atomic E-state index is 13.1. The molecule has 0 aromatic heterocycles. The summed E-state index contributed by atoms with van der Waals surface area (Å²) >= 11 is 0. The lowest BCUT2D eigenvalue weighted by atomic mass is 10.0. The molecular formula is C22H23NO5. The molecule has 6 nitrogen and oxygen atoms in total. The number of ether oxygens (including phenoxy) is 3. The van der Waals surface area contributed by atoms with Crippen molar-refractivity contribution < 1.29 is 23.8 Å². The van der Waals surface area contributed by atoms with E-state index in [2.05, 4.69) is 0 Å². The van der Waals surface area contributed by atoms with Gasteiger partial charge < -0.3 is 19.1 Å². The molecule has 28 heavy (non-hydrogen) atoms. The maximum atomic E-state index is 13.1. The van der Waals surface area contributed by atoms with Gasteiger partial charge in [-0.15, -0.1) is 0 Å². The van der Waals surface area contributed by atoms with Crippen LogP contribution in [0.1, 0.15) is 51.6 Å². The van der Waals surface area contributed by atoms with Gasteiger partial charge in [-0.1, -0.05) is 6.07 Å². The molecule has 0 N–H and O–H groups in total. The number of rotatable bonds is 3. The Hall–Kier alpha value is -3.02. The van der Waals surface area contributed by atoms with Crippen molar-refractivity contribution in [1.29, 1.82) is 0 Å². The highest BCUT2D eigenvalue weighted by Crippen LogP contribution is 2.38. The Labute approximate surface area is 164 Å². The van der Waals surface area contributed by atoms with Crippen LogP contribution in [-0.2, 0) is 4.74 Å². The van der Waals surface area contributed by atoms with Crippen LogP contribution in [0.15, 0.2) is 42.5 Å². The molecule has 0 bridgehead atoms. The van der Waals surface area contributed by atoms with Crippen LogP contribution >= 0.6 is 0 Å². The molecule has 2 aromatic carbocycles. The molecular weight excluding hydrogens is 358 g/mol. The van der Waals surface area contributed by atoms with Gasteiger partial charge in [-0.05, 0) is 54.8 Å². The minimum atomic E-state index is -0.412. The average Bonchev–Trinajstić information content (AvgIpc) is 3.11. The standard InChI is InChI=1S/C22H23NO5/c1-26-22(25)16-7-5-15(6-8-16)21(24)23-11-2-4-18(23)17-9-10-19-20(14-17)28-13-3-12-27-19/h5-10,14,18H,2-4,11-13H2,1H3/t18-/m1/s1. The molecule has 0 unspecified atom stereocenters. The second-order valence-electron chi connectivity index (χ2n) is 6.98. The average molecular weight is 381 g/mol. The number of likely N-dealkylation sites (tertiary alicyclic amines) is 1. The van der Waals surface area contributed by atoms with Crippen molar-refractivity contribution in [3.8, 4) is 11.5 Å². The van der Waals surface area contributed by atoms with Crippen molar-refractivity contribution in [3.05, 3.63) is 59.2 Å². The number of esters is 1. The summed E-state index contributed by atoms with van der Waals surface area (Å²) in [6.07, 6.45) is 2.72. The third kappa shape index (κ3) is 3.54. The molecule has 1 atom stereocenters. The number of hydrogen-bond acceptors (Lipinski definition) is 5. The largest absolute Gasteiger partial charge is 0.490 e. The van der Waals surface area contributed by atoms with Crippen molar-refractivity contribution in [3.63, 3.8) is 0 Å². The van der Waals surface area contributed by atoms with E-state index in [0.29, 0.717) is 30.9 Å². The zero-order valence-corrected chi connectivity index (χ0v) is 15.8. The monoisotopic (exact) mass is 381 g/mol. The first-order valence-corrected chi connectivity index (χ1v) is 9.56. The maximum Gasteiger partial charge on any atom is 0.337 e. The van der Waals surface area contributed by atoms with Gasteiger partial charge in [-0.25, -0.2) is 4.79 Å². The van der Waals surface area contributed by atoms with Gasteiger partial charge in [-0.3, -0.25) is 4.79 Å². The quantitative estimate of drug-likeness (QED) is 0.760. The fraction of sp³-hybridized carbons (Fsp3) is 0.364. The normalized spacial score (nSPS) is 18.5. The number of methoxy groups -OCH3 is 1. The zero-order valence-electron chi connectivity index (χ0n) is 15.8. The first-order valence-electron chi connectivity index (χ1n) is 9.56. The van der Waals surface area contributed by atoms with Crippen LogP contribution in [-0.4, -0.2) is 43.6 Å². The predicted molar refractivity (Wildman–Crippen MR) is 103 cm³/mol. The number of hydrogen-bond donors (Lipinski definition) is 0. The third-order valence-corrected chi connectivity index (χ3v) is 5.22. The molecule has 0 aliphatic carbocycles. The number of fused-ring (bicyclic) bond motifs is 1. The number of carbonyl (C=O) groups is 2. The summed E-state index contributed by atoms with van der Waals surface area (Å²) in [6.45, 7) is 1.99. The van der Waals surface area contributed by atoms with Gasteiger partial charge in [0.15, 0.2) is 11.5 Å². The molecule has 2 aromatic rings. The number of amides is 1. The SMILES string of the molecule is COC(=O)c1ccc(C(=O)N2CCC[C@@H]2c2ccc3c(c2)OCCCO3)cc1. The molecule has 2 aliphatic rings. The Kier molecular flexibility index (Phi) is 5.19. The fourth-order valence-electron chi connectivity index (χ4n) is 3.78. The summed E-state index contributed by atoms with van der Waals surface area (Å²) in [5.74, 6) is 1.06. The zero-order chi connectivity index (χ0) is 19.5. The summed E-state index contributed by atoms with van der Waals surface area (Å²) in [5, 5.41) is 0. The van der Waals surface area contributed by atoms with Crippen LogP contribution in [0.25, 0.3) is 0 Å². The topological polar surface area (TPSA) is 65.1 Å². The lowest BCUT2D eigenvalue weighted by Crippen LogP contribution is -2.30. The molecule has 0 spiro atoms. The number of carbonyl (C=O) groups excluding carboxylic acids is 2. The van der Waals surface area contributed by atoms with Crippen molar-refractivity contribution in [1.82, 2.24) is 4.90 Å². The highest BCUT2D eigenvalue weighted by Gasteiger charge is 2.31. The lowest BCUT2D eigenvalue weighted by Gasteiger charge is -2.26. The van der Waals surface area contributed by atoms with E-state index < -0.39 is 5.97 Å². The summed E-state index contributed by atoms with van der Waals surface area (Å²) in [5.41, 5.74) is 2.05. The van der Waals surface area contributed by atoms with Gasteiger partial charge in [-0.2, -0.15) is 0 Å². The van der Waals surface area contributed by atoms with E-state index in [1.54, 1.807) is 24.3 Å². The summed E-state index contributed by atoms with van der Waals surface area (Å²) in [6, 6.07) is 12.6. The van der Waals surface area contributed by atoms with Crippen molar-refractivity contribution in [2.24, 2.45) is 0 Å². The molecule has 0 saturated carbocycles. The Morgan fingerprint density at radius 3 is 2.43 bits per heavy atom. The Balaban J connectivity index is 1.55. The van der Waals surface area contributed by atoms with E-state index in [9.17, 15) is 9.59 Å². The number of benzene rings is 2. The van der Waals surface area contributed by atoms with Gasteiger partial charge in [0.05, 0.1) is 31.9 Å². The van der Waals surface area contributed by atoms with Gasteiger partial charge in [0.2, 0.25) is 0 Å². The van der Waals surface area contributed by atoms with Crippen LogP contribution in [0.3, 0.4) is 0 Å². The van der Waals surface area contributed by atoms with Crippen molar-refractivity contribution >= 4 is 11.9 Å². The van der Waals surface area contributed by atoms with Crippen LogP contribution in [0.2, 0.25) is 0 Å². The second kappa shape index (κ2) is 7.92. The lowest BCUT2D eigenvalue weighted by molar-refractivity contribution is 0.0599. The van der Waals surface area contributed by atoms with Crippen molar-refractivity contribution in [2.75, 3.05) is 26.9 Å². The van der Waals surface area contributed by atoms with Crippen molar-refractivity contribution in [2.45, 2.75) is 25.3 Å². The van der Waals surface area contributed by atoms with Gasteiger partial charge in [0.25, 0.3) is 5.91 Å². The van der Waals surface area contributed by atoms with Crippen LogP contribution in [0, 0.1) is 0 Å². The first kappa shape index (κ1) is 18.3. The van der Waals surface area contributed by atoms with E-state index in [-0.39, 0.29) is 11.9 Å². The Morgan fingerprint density at radius 2 is 1.68 bits per heavy atom. The van der Waals surface area contributed by atoms with Crippen LogP contribution in [0.4, 0.5) is 0 Å². The highest BCUT2D eigenvalue weighted by atomic mass is 16.5. The fourth-order valence-corrected chi connectivity index (χ4v) is 3.78. The molecule has 2 aliphatic heterocycles.